The monoisotopic (exact) mass is 482 g/mol. The number of nitrogens with zero attached hydrogens (tertiary/aromatic N) is 4. The van der Waals surface area contributed by atoms with E-state index in [0.29, 0.717) is 5.69 Å². The Bertz CT molecular complexity index is 1090. The van der Waals surface area contributed by atoms with Gasteiger partial charge >= 0.3 is 0 Å². The summed E-state index contributed by atoms with van der Waals surface area (Å²) in [5.41, 5.74) is -1.63. The summed E-state index contributed by atoms with van der Waals surface area (Å²) in [6.45, 7) is 9.03. The van der Waals surface area contributed by atoms with Crippen LogP contribution in [0.2, 0.25) is 0 Å². The summed E-state index contributed by atoms with van der Waals surface area (Å²) in [7, 11) is 10.7. The van der Waals surface area contributed by atoms with Crippen LogP contribution in [0.5, 0.6) is 5.75 Å². The molecule has 1 atom stereocenters. The Labute approximate surface area is 206 Å². The van der Waals surface area contributed by atoms with Gasteiger partial charge in [-0.05, 0) is 38.9 Å². The molecule has 2 aromatic heterocycles. The van der Waals surface area contributed by atoms with Crippen LogP contribution in [-0.2, 0) is 0 Å². The molecule has 1 unspecified atom stereocenters. The number of allylic oxidation sites excluding steroid dienone is 2. The van der Waals surface area contributed by atoms with E-state index in [-0.39, 0.29) is 41.3 Å². The molecule has 2 aliphatic rings. The topological polar surface area (TPSA) is 96.1 Å². The molecule has 2 aromatic rings. The van der Waals surface area contributed by atoms with Gasteiger partial charge in [0.25, 0.3) is 0 Å². The Hall–Kier alpha value is -2.56. The average molecular weight is 482 g/mol. The second-order valence-electron chi connectivity index (χ2n) is 8.31. The summed E-state index contributed by atoms with van der Waals surface area (Å²) in [6, 6.07) is 1.63. The lowest BCUT2D eigenvalue weighted by molar-refractivity contribution is 0.0116. The first-order chi connectivity index (χ1) is 16.7. The fourth-order valence-corrected chi connectivity index (χ4v) is 3.77. The molecule has 1 saturated heterocycles. The zero-order valence-corrected chi connectivity index (χ0v) is 20.1. The number of piperidine rings is 1. The van der Waals surface area contributed by atoms with Crippen LogP contribution in [-0.4, -0.2) is 73.4 Å². The van der Waals surface area contributed by atoms with E-state index in [1.165, 1.54) is 16.8 Å². The second kappa shape index (κ2) is 11.9. The third-order valence-corrected chi connectivity index (χ3v) is 5.49. The minimum atomic E-state index is -2.39. The number of nitrogens with one attached hydrogen (secondary N) is 2. The minimum absolute atomic E-state index is 0.0775. The maximum Gasteiger partial charge on any atom is 0.157 e. The first-order valence-corrected chi connectivity index (χ1v) is 11.8. The summed E-state index contributed by atoms with van der Waals surface area (Å²) >= 11 is 0. The highest BCUT2D eigenvalue weighted by Crippen LogP contribution is 2.44. The maximum absolute atomic E-state index is 15.0. The van der Waals surface area contributed by atoms with Crippen LogP contribution in [0.1, 0.15) is 56.8 Å². The molecule has 3 N–H and O–H groups in total. The standard InChI is InChI=1S/C21H24B2F2N6O2.C2H6/c1-26-20(15(25)7-13(24)9-28-14-3-2-6-27-10-14)16-11-29-18-8-17(33-21(22,23)32)19(12-4-5-12)30-31(16)18;1-2/h7-8,11-12,14,27-28,32H,1-6,9-10H2;1-2H3/b13-7+,20-15+;. The number of fused-ring (bicyclic) bond motifs is 1. The van der Waals surface area contributed by atoms with Crippen molar-refractivity contribution >= 4 is 33.8 Å². The Kier molecular flexibility index (Phi) is 9.21. The highest BCUT2D eigenvalue weighted by Gasteiger charge is 2.31. The quantitative estimate of drug-likeness (QED) is 0.220. The number of aliphatic hydroxyl groups is 1. The van der Waals surface area contributed by atoms with Crippen molar-refractivity contribution < 1.29 is 18.6 Å². The Morgan fingerprint density at radius 1 is 1.40 bits per heavy atom. The van der Waals surface area contributed by atoms with Crippen molar-refractivity contribution in [3.63, 3.8) is 0 Å². The summed E-state index contributed by atoms with van der Waals surface area (Å²) in [6.07, 6.45) is 5.80. The van der Waals surface area contributed by atoms with E-state index in [1.54, 1.807) is 0 Å². The largest absolute Gasteiger partial charge is 0.480 e. The zero-order chi connectivity index (χ0) is 25.6. The van der Waals surface area contributed by atoms with Gasteiger partial charge in [-0.25, -0.2) is 18.3 Å². The number of imidazole rings is 1. The van der Waals surface area contributed by atoms with E-state index in [9.17, 15) is 13.9 Å². The fraction of sp³-hybridized carbons (Fsp3) is 0.522. The van der Waals surface area contributed by atoms with Crippen LogP contribution in [0, 0.1) is 0 Å². The lowest BCUT2D eigenvalue weighted by Crippen LogP contribution is -2.43. The Morgan fingerprint density at radius 2 is 2.14 bits per heavy atom. The minimum Gasteiger partial charge on any atom is -0.480 e. The molecule has 0 amide bonds. The van der Waals surface area contributed by atoms with Crippen molar-refractivity contribution in [1.29, 1.82) is 0 Å². The van der Waals surface area contributed by atoms with Gasteiger partial charge in [0.2, 0.25) is 0 Å². The molecule has 0 aromatic carbocycles. The van der Waals surface area contributed by atoms with Crippen LogP contribution in [0.4, 0.5) is 8.78 Å². The summed E-state index contributed by atoms with van der Waals surface area (Å²) in [4.78, 5) is 7.95. The van der Waals surface area contributed by atoms with Crippen molar-refractivity contribution in [1.82, 2.24) is 25.2 Å². The van der Waals surface area contributed by atoms with Crippen molar-refractivity contribution in [2.45, 2.75) is 57.1 Å². The summed E-state index contributed by atoms with van der Waals surface area (Å²) < 4.78 is 36.0. The Morgan fingerprint density at radius 3 is 2.74 bits per heavy atom. The van der Waals surface area contributed by atoms with Crippen molar-refractivity contribution in [2.24, 2.45) is 4.99 Å². The molecule has 3 heterocycles. The van der Waals surface area contributed by atoms with Gasteiger partial charge < -0.3 is 20.5 Å². The second-order valence-corrected chi connectivity index (χ2v) is 8.31. The lowest BCUT2D eigenvalue weighted by Gasteiger charge is -2.23. The molecule has 1 aliphatic heterocycles. The molecule has 2 fully saturated rings. The number of rotatable bonds is 9. The molecule has 0 bridgehead atoms. The average Bonchev–Trinajstić information content (AvgIpc) is 3.60. The smallest absolute Gasteiger partial charge is 0.157 e. The van der Waals surface area contributed by atoms with Crippen LogP contribution in [0.15, 0.2) is 35.0 Å². The predicted octanol–water partition coefficient (Wildman–Crippen LogP) is 2.49. The molecular formula is C23H30B2F2N6O2. The molecule has 1 saturated carbocycles. The first-order valence-electron chi connectivity index (χ1n) is 11.8. The highest BCUT2D eigenvalue weighted by molar-refractivity contribution is 6.37. The molecular weight excluding hydrogens is 452 g/mol. The molecule has 12 heteroatoms. The Balaban J connectivity index is 0.00000167. The number of aromatic nitrogens is 3. The van der Waals surface area contributed by atoms with Gasteiger partial charge in [-0.3, -0.25) is 4.99 Å². The van der Waals surface area contributed by atoms with Crippen LogP contribution in [0.3, 0.4) is 0 Å². The van der Waals surface area contributed by atoms with Gasteiger partial charge in [0.05, 0.1) is 6.20 Å². The lowest BCUT2D eigenvalue weighted by atomic mass is 9.76. The van der Waals surface area contributed by atoms with Crippen molar-refractivity contribution in [2.75, 3.05) is 19.6 Å². The van der Waals surface area contributed by atoms with Gasteiger partial charge in [-0.2, -0.15) is 5.10 Å². The molecule has 184 valence electrons. The predicted molar refractivity (Wildman–Crippen MR) is 134 cm³/mol. The third kappa shape index (κ3) is 7.22. The van der Waals surface area contributed by atoms with Crippen LogP contribution in [0.25, 0.3) is 11.3 Å². The number of hydrogen-bond donors (Lipinski definition) is 3. The number of halogens is 2. The third-order valence-electron chi connectivity index (χ3n) is 5.49. The summed E-state index contributed by atoms with van der Waals surface area (Å²) in [5.74, 6) is -1.31. The van der Waals surface area contributed by atoms with E-state index in [2.05, 4.69) is 32.4 Å². The van der Waals surface area contributed by atoms with Gasteiger partial charge in [-0.15, -0.1) is 0 Å². The van der Waals surface area contributed by atoms with Gasteiger partial charge in [-0.1, -0.05) is 13.8 Å². The SMILES string of the molecule is CC.[B]C([B])(O)Oc1cc2ncc(/C(N=C)=C(F)/C=C(/F)CNC3CCCNC3)n2nc1C1CC1. The van der Waals surface area contributed by atoms with Gasteiger partial charge in [0.1, 0.15) is 34.2 Å². The summed E-state index contributed by atoms with van der Waals surface area (Å²) in [5, 5.41) is 20.4. The van der Waals surface area contributed by atoms with Crippen molar-refractivity contribution in [3.05, 3.63) is 41.4 Å². The van der Waals surface area contributed by atoms with E-state index in [1.807, 2.05) is 13.8 Å². The fourth-order valence-electron chi connectivity index (χ4n) is 3.77. The van der Waals surface area contributed by atoms with Crippen LogP contribution < -0.4 is 15.4 Å². The molecule has 4 rings (SSSR count). The van der Waals surface area contributed by atoms with Gasteiger partial charge in [0.15, 0.2) is 27.2 Å². The number of ether oxygens (including phenoxy) is 1. The zero-order valence-electron chi connectivity index (χ0n) is 20.1. The molecule has 4 radical (unpaired) electrons. The van der Waals surface area contributed by atoms with E-state index in [4.69, 9.17) is 20.4 Å². The highest BCUT2D eigenvalue weighted by atomic mass is 19.1. The van der Waals surface area contributed by atoms with Crippen LogP contribution >= 0.6 is 0 Å². The molecule has 0 spiro atoms. The normalized spacial score (nSPS) is 19.6. The van der Waals surface area contributed by atoms with E-state index in [0.717, 1.165) is 44.8 Å². The first kappa shape index (κ1) is 27.0. The molecule has 35 heavy (non-hydrogen) atoms. The molecule has 1 aliphatic carbocycles. The van der Waals surface area contributed by atoms with Crippen molar-refractivity contribution in [3.8, 4) is 5.75 Å². The van der Waals surface area contributed by atoms with E-state index < -0.39 is 17.2 Å². The number of hydrogen-bond acceptors (Lipinski definition) is 7. The maximum atomic E-state index is 15.0. The van der Waals surface area contributed by atoms with E-state index >= 15 is 0 Å². The number of aliphatic imine (C=N–C) groups is 1. The van der Waals surface area contributed by atoms with Gasteiger partial charge in [0, 0.05) is 37.2 Å². The molecule has 8 nitrogen and oxygen atoms in total.